The van der Waals surface area contributed by atoms with Gasteiger partial charge in [-0.2, -0.15) is 5.10 Å². The van der Waals surface area contributed by atoms with E-state index in [4.69, 9.17) is 11.6 Å². The van der Waals surface area contributed by atoms with Gasteiger partial charge in [-0.05, 0) is 32.5 Å². The first-order chi connectivity index (χ1) is 7.74. The van der Waals surface area contributed by atoms with E-state index in [1.807, 2.05) is 17.9 Å². The van der Waals surface area contributed by atoms with Crippen molar-refractivity contribution < 1.29 is 0 Å². The van der Waals surface area contributed by atoms with Crippen LogP contribution in [-0.2, 0) is 13.5 Å². The number of halogens is 1. The minimum atomic E-state index is 0.790. The lowest BCUT2D eigenvalue weighted by molar-refractivity contribution is 0.327. The van der Waals surface area contributed by atoms with Gasteiger partial charge in [0.05, 0.1) is 0 Å². The van der Waals surface area contributed by atoms with Crippen molar-refractivity contribution in [3.63, 3.8) is 0 Å². The third-order valence-electron chi connectivity index (χ3n) is 2.85. The van der Waals surface area contributed by atoms with Crippen molar-refractivity contribution in [2.75, 3.05) is 26.0 Å². The fourth-order valence-corrected chi connectivity index (χ4v) is 1.91. The number of hydrogen-bond donors (Lipinski definition) is 0. The summed E-state index contributed by atoms with van der Waals surface area (Å²) in [4.78, 5) is 2.38. The smallest absolute Gasteiger partial charge is 0.0492 e. The number of unbranched alkanes of at least 4 members (excludes halogenated alkanes) is 2. The standard InChI is InChI=1S/C12H22ClN3/c1-15(10-5-3-4-8-13)11-7-12-6-9-14-16(12)2/h6,9H,3-5,7-8,10-11H2,1-2H3. The Balaban J connectivity index is 2.10. The molecule has 0 fully saturated rings. The van der Waals surface area contributed by atoms with Gasteiger partial charge in [-0.25, -0.2) is 0 Å². The molecule has 0 saturated carbocycles. The topological polar surface area (TPSA) is 21.1 Å². The van der Waals surface area contributed by atoms with E-state index in [0.717, 1.165) is 31.8 Å². The zero-order valence-electron chi connectivity index (χ0n) is 10.3. The van der Waals surface area contributed by atoms with Crippen LogP contribution in [0.3, 0.4) is 0 Å². The SMILES string of the molecule is CN(CCCCCCl)CCc1ccnn1C. The Morgan fingerprint density at radius 1 is 1.31 bits per heavy atom. The van der Waals surface area contributed by atoms with Gasteiger partial charge in [0.15, 0.2) is 0 Å². The van der Waals surface area contributed by atoms with Crippen LogP contribution in [0.1, 0.15) is 25.0 Å². The molecule has 4 heteroatoms. The summed E-state index contributed by atoms with van der Waals surface area (Å²) in [6.07, 6.45) is 6.55. The molecule has 0 aliphatic rings. The first-order valence-corrected chi connectivity index (χ1v) is 6.49. The molecule has 92 valence electrons. The summed E-state index contributed by atoms with van der Waals surface area (Å²) in [5.74, 6) is 0.790. The van der Waals surface area contributed by atoms with Crippen LogP contribution in [0.4, 0.5) is 0 Å². The fourth-order valence-electron chi connectivity index (χ4n) is 1.72. The average Bonchev–Trinajstić information content (AvgIpc) is 2.67. The maximum absolute atomic E-state index is 5.64. The monoisotopic (exact) mass is 243 g/mol. The Kier molecular flexibility index (Phi) is 6.50. The van der Waals surface area contributed by atoms with Gasteiger partial charge in [0.2, 0.25) is 0 Å². The number of nitrogens with zero attached hydrogens (tertiary/aromatic N) is 3. The summed E-state index contributed by atoms with van der Waals surface area (Å²) in [7, 11) is 4.17. The molecule has 0 amide bonds. The highest BCUT2D eigenvalue weighted by atomic mass is 35.5. The second-order valence-corrected chi connectivity index (χ2v) is 4.63. The Hall–Kier alpha value is -0.540. The van der Waals surface area contributed by atoms with Crippen LogP contribution < -0.4 is 0 Å². The molecule has 0 unspecified atom stereocenters. The molecular weight excluding hydrogens is 222 g/mol. The van der Waals surface area contributed by atoms with Crippen LogP contribution in [-0.4, -0.2) is 40.7 Å². The van der Waals surface area contributed by atoms with E-state index >= 15 is 0 Å². The third-order valence-corrected chi connectivity index (χ3v) is 3.11. The van der Waals surface area contributed by atoms with E-state index in [0.29, 0.717) is 0 Å². The van der Waals surface area contributed by atoms with Gasteiger partial charge in [-0.3, -0.25) is 4.68 Å². The van der Waals surface area contributed by atoms with Crippen LogP contribution in [0, 0.1) is 0 Å². The first-order valence-electron chi connectivity index (χ1n) is 5.95. The molecule has 1 aromatic rings. The maximum Gasteiger partial charge on any atom is 0.0492 e. The van der Waals surface area contributed by atoms with Crippen molar-refractivity contribution in [2.45, 2.75) is 25.7 Å². The number of aryl methyl sites for hydroxylation is 1. The molecular formula is C12H22ClN3. The molecule has 0 spiro atoms. The summed E-state index contributed by atoms with van der Waals surface area (Å²) in [6.45, 7) is 2.26. The summed E-state index contributed by atoms with van der Waals surface area (Å²) < 4.78 is 1.95. The molecule has 0 bridgehead atoms. The Morgan fingerprint density at radius 3 is 2.75 bits per heavy atom. The fraction of sp³-hybridized carbons (Fsp3) is 0.750. The quantitative estimate of drug-likeness (QED) is 0.516. The number of alkyl halides is 1. The normalized spacial score (nSPS) is 11.2. The Morgan fingerprint density at radius 2 is 2.12 bits per heavy atom. The van der Waals surface area contributed by atoms with Gasteiger partial charge in [0.1, 0.15) is 0 Å². The molecule has 0 N–H and O–H groups in total. The molecule has 16 heavy (non-hydrogen) atoms. The molecule has 0 aromatic carbocycles. The zero-order chi connectivity index (χ0) is 11.8. The molecule has 0 atom stereocenters. The van der Waals surface area contributed by atoms with Crippen LogP contribution >= 0.6 is 11.6 Å². The van der Waals surface area contributed by atoms with Gasteiger partial charge in [-0.15, -0.1) is 11.6 Å². The van der Waals surface area contributed by atoms with E-state index in [1.165, 1.54) is 18.5 Å². The highest BCUT2D eigenvalue weighted by Crippen LogP contribution is 2.02. The van der Waals surface area contributed by atoms with Gasteiger partial charge in [0, 0.05) is 37.8 Å². The van der Waals surface area contributed by atoms with Gasteiger partial charge in [0.25, 0.3) is 0 Å². The van der Waals surface area contributed by atoms with Crippen molar-refractivity contribution in [3.8, 4) is 0 Å². The van der Waals surface area contributed by atoms with Crippen molar-refractivity contribution in [1.82, 2.24) is 14.7 Å². The minimum Gasteiger partial charge on any atom is -0.306 e. The second kappa shape index (κ2) is 7.69. The van der Waals surface area contributed by atoms with Crippen LogP contribution in [0.25, 0.3) is 0 Å². The van der Waals surface area contributed by atoms with E-state index < -0.39 is 0 Å². The lowest BCUT2D eigenvalue weighted by Crippen LogP contribution is -2.23. The van der Waals surface area contributed by atoms with Crippen LogP contribution in [0.15, 0.2) is 12.3 Å². The van der Waals surface area contributed by atoms with Gasteiger partial charge < -0.3 is 4.90 Å². The molecule has 0 radical (unpaired) electrons. The van der Waals surface area contributed by atoms with Crippen molar-refractivity contribution in [3.05, 3.63) is 18.0 Å². The van der Waals surface area contributed by atoms with Crippen LogP contribution in [0.5, 0.6) is 0 Å². The van der Waals surface area contributed by atoms with Crippen molar-refractivity contribution >= 4 is 11.6 Å². The van der Waals surface area contributed by atoms with Gasteiger partial charge in [-0.1, -0.05) is 6.42 Å². The molecule has 1 rings (SSSR count). The van der Waals surface area contributed by atoms with E-state index in [1.54, 1.807) is 0 Å². The lowest BCUT2D eigenvalue weighted by atomic mass is 10.2. The number of rotatable bonds is 8. The maximum atomic E-state index is 5.64. The minimum absolute atomic E-state index is 0.790. The van der Waals surface area contributed by atoms with Gasteiger partial charge >= 0.3 is 0 Å². The molecule has 0 aliphatic heterocycles. The van der Waals surface area contributed by atoms with E-state index in [9.17, 15) is 0 Å². The molecule has 1 heterocycles. The van der Waals surface area contributed by atoms with Crippen molar-refractivity contribution in [1.29, 1.82) is 0 Å². The predicted octanol–water partition coefficient (Wildman–Crippen LogP) is 2.30. The van der Waals surface area contributed by atoms with E-state index in [2.05, 4.69) is 23.1 Å². The Bertz CT molecular complexity index is 286. The predicted molar refractivity (Wildman–Crippen MR) is 69.0 cm³/mol. The summed E-state index contributed by atoms with van der Waals surface area (Å²) in [5.41, 5.74) is 1.30. The molecule has 0 aliphatic carbocycles. The number of aromatic nitrogens is 2. The highest BCUT2D eigenvalue weighted by molar-refractivity contribution is 6.17. The molecule has 3 nitrogen and oxygen atoms in total. The van der Waals surface area contributed by atoms with Crippen molar-refractivity contribution in [2.24, 2.45) is 7.05 Å². The second-order valence-electron chi connectivity index (χ2n) is 4.25. The lowest BCUT2D eigenvalue weighted by Gasteiger charge is -2.16. The number of hydrogen-bond acceptors (Lipinski definition) is 2. The summed E-state index contributed by atoms with van der Waals surface area (Å²) >= 11 is 5.64. The van der Waals surface area contributed by atoms with E-state index in [-0.39, 0.29) is 0 Å². The summed E-state index contributed by atoms with van der Waals surface area (Å²) in [5, 5.41) is 4.16. The molecule has 1 aromatic heterocycles. The first kappa shape index (κ1) is 13.5. The highest BCUT2D eigenvalue weighted by Gasteiger charge is 2.02. The molecule has 0 saturated heterocycles. The third kappa shape index (κ3) is 4.99. The number of likely N-dealkylation sites (N-methyl/N-ethyl adjacent to an activating group) is 1. The van der Waals surface area contributed by atoms with Crippen LogP contribution in [0.2, 0.25) is 0 Å². The summed E-state index contributed by atoms with van der Waals surface area (Å²) in [6, 6.07) is 2.08. The Labute approximate surface area is 103 Å². The largest absolute Gasteiger partial charge is 0.306 e. The zero-order valence-corrected chi connectivity index (χ0v) is 11.1. The average molecular weight is 244 g/mol.